The number of hydrogen-bond donors (Lipinski definition) is 2. The van der Waals surface area contributed by atoms with E-state index in [2.05, 4.69) is 0 Å². The van der Waals surface area contributed by atoms with Gasteiger partial charge in [0.25, 0.3) is 0 Å². The van der Waals surface area contributed by atoms with Gasteiger partial charge in [-0.2, -0.15) is 0 Å². The molecular weight excluding hydrogens is 186 g/mol. The lowest BCUT2D eigenvalue weighted by Gasteiger charge is -2.17. The van der Waals surface area contributed by atoms with Crippen molar-refractivity contribution in [1.82, 2.24) is 5.23 Å². The van der Waals surface area contributed by atoms with Crippen LogP contribution in [0.2, 0.25) is 0 Å². The van der Waals surface area contributed by atoms with Crippen molar-refractivity contribution >= 4 is 12.4 Å². The highest BCUT2D eigenvalue weighted by Gasteiger charge is 2.00. The molecule has 0 atom stereocenters. The van der Waals surface area contributed by atoms with Crippen molar-refractivity contribution in [1.29, 1.82) is 0 Å². The molecule has 6 heteroatoms. The number of hydrogen-bond acceptors (Lipinski definition) is 5. The zero-order valence-electron chi connectivity index (χ0n) is 7.10. The molecule has 0 radical (unpaired) electrons. The third-order valence-corrected chi connectivity index (χ3v) is 0.911. The summed E-state index contributed by atoms with van der Waals surface area (Å²) in [4.78, 5) is 9.78. The summed E-state index contributed by atoms with van der Waals surface area (Å²) in [6.45, 7) is 2.73. The molecule has 0 aliphatic rings. The molecule has 0 unspecified atom stereocenters. The summed E-state index contributed by atoms with van der Waals surface area (Å²) >= 11 is 0. The summed E-state index contributed by atoms with van der Waals surface area (Å²) in [5, 5.41) is 18.0. The van der Waals surface area contributed by atoms with Crippen LogP contribution in [0.5, 0.6) is 0 Å². The molecule has 0 amide bonds. The van der Waals surface area contributed by atoms with E-state index in [4.69, 9.17) is 19.9 Å². The van der Waals surface area contributed by atoms with Gasteiger partial charge in [0.1, 0.15) is 0 Å². The second-order valence-corrected chi connectivity index (χ2v) is 1.76. The van der Waals surface area contributed by atoms with Crippen LogP contribution in [0.4, 0.5) is 0 Å². The molecule has 0 aromatic rings. The van der Waals surface area contributed by atoms with Crippen molar-refractivity contribution in [3.8, 4) is 0 Å². The molecule has 0 saturated heterocycles. The molecule has 12 heavy (non-hydrogen) atoms. The van der Waals surface area contributed by atoms with Crippen LogP contribution < -0.4 is 0 Å². The normalized spacial score (nSPS) is 10.0. The molecule has 0 aliphatic carbocycles. The van der Waals surface area contributed by atoms with Crippen LogP contribution in [0.3, 0.4) is 0 Å². The van der Waals surface area contributed by atoms with Crippen molar-refractivity contribution in [2.45, 2.75) is 6.92 Å². The van der Waals surface area contributed by atoms with Crippen LogP contribution in [0.1, 0.15) is 6.92 Å². The first-order valence-electron chi connectivity index (χ1n) is 3.60. The predicted molar refractivity (Wildman–Crippen MR) is 45.7 cm³/mol. The van der Waals surface area contributed by atoms with E-state index in [0.29, 0.717) is 6.54 Å². The maximum Gasteiger partial charge on any atom is 0.0942 e. The SMILES string of the molecule is CCN(OCCO)OCCO.Cl. The molecule has 0 bridgehead atoms. The topological polar surface area (TPSA) is 62.2 Å². The Kier molecular flexibility index (Phi) is 13.5. The van der Waals surface area contributed by atoms with Crippen LogP contribution in [0.25, 0.3) is 0 Å². The largest absolute Gasteiger partial charge is 0.394 e. The minimum atomic E-state index is -0.0427. The maximum absolute atomic E-state index is 8.38. The third-order valence-electron chi connectivity index (χ3n) is 0.911. The van der Waals surface area contributed by atoms with Gasteiger partial charge in [0.2, 0.25) is 0 Å². The lowest BCUT2D eigenvalue weighted by atomic mass is 10.8. The number of nitrogens with zero attached hydrogens (tertiary/aromatic N) is 1. The van der Waals surface area contributed by atoms with Crippen molar-refractivity contribution in [2.75, 3.05) is 33.0 Å². The summed E-state index contributed by atoms with van der Waals surface area (Å²) < 4.78 is 0. The summed E-state index contributed by atoms with van der Waals surface area (Å²) in [5.41, 5.74) is 0. The minimum Gasteiger partial charge on any atom is -0.394 e. The molecule has 5 nitrogen and oxygen atoms in total. The Morgan fingerprint density at radius 1 is 1.08 bits per heavy atom. The Balaban J connectivity index is 0. The molecule has 0 rings (SSSR count). The highest BCUT2D eigenvalue weighted by molar-refractivity contribution is 5.85. The van der Waals surface area contributed by atoms with E-state index in [1.54, 1.807) is 0 Å². The first-order valence-corrected chi connectivity index (χ1v) is 3.60. The van der Waals surface area contributed by atoms with Gasteiger partial charge in [-0.25, -0.2) is 0 Å². The Hall–Kier alpha value is 0.0900. The van der Waals surface area contributed by atoms with Gasteiger partial charge >= 0.3 is 0 Å². The van der Waals surface area contributed by atoms with Crippen LogP contribution in [-0.4, -0.2) is 48.4 Å². The molecule has 0 aliphatic heterocycles. The van der Waals surface area contributed by atoms with Gasteiger partial charge in [-0.05, 0) is 6.92 Å². The van der Waals surface area contributed by atoms with E-state index in [1.807, 2.05) is 6.92 Å². The quantitative estimate of drug-likeness (QED) is 0.548. The molecule has 76 valence electrons. The summed E-state index contributed by atoms with van der Waals surface area (Å²) in [6, 6.07) is 0. The number of aliphatic hydroxyl groups is 2. The average molecular weight is 202 g/mol. The standard InChI is InChI=1S/C6H15NO4.ClH/c1-2-7(10-5-3-8)11-6-4-9;/h8-9H,2-6H2,1H3;1H. The van der Waals surface area contributed by atoms with Crippen LogP contribution in [0, 0.1) is 0 Å². The summed E-state index contributed by atoms with van der Waals surface area (Å²) in [7, 11) is 0. The second kappa shape index (κ2) is 11.1. The van der Waals surface area contributed by atoms with Gasteiger partial charge in [0, 0.05) is 6.54 Å². The van der Waals surface area contributed by atoms with Gasteiger partial charge in [-0.15, -0.1) is 12.4 Å². The molecule has 0 heterocycles. The first kappa shape index (κ1) is 14.6. The lowest BCUT2D eigenvalue weighted by molar-refractivity contribution is -0.369. The van der Waals surface area contributed by atoms with Gasteiger partial charge in [-0.1, -0.05) is 5.23 Å². The Labute approximate surface area is 78.2 Å². The Morgan fingerprint density at radius 3 is 1.75 bits per heavy atom. The zero-order chi connectivity index (χ0) is 8.53. The van der Waals surface area contributed by atoms with E-state index in [0.717, 1.165) is 0 Å². The Bertz CT molecular complexity index is 77.9. The van der Waals surface area contributed by atoms with Gasteiger partial charge in [0.05, 0.1) is 26.4 Å². The monoisotopic (exact) mass is 201 g/mol. The van der Waals surface area contributed by atoms with E-state index < -0.39 is 0 Å². The van der Waals surface area contributed by atoms with Crippen molar-refractivity contribution < 1.29 is 19.9 Å². The zero-order valence-corrected chi connectivity index (χ0v) is 7.92. The average Bonchev–Trinajstić information content (AvgIpc) is 2.05. The number of aliphatic hydroxyl groups excluding tert-OH is 2. The second-order valence-electron chi connectivity index (χ2n) is 1.76. The molecule has 0 fully saturated rings. The molecule has 0 spiro atoms. The Morgan fingerprint density at radius 2 is 1.50 bits per heavy atom. The third kappa shape index (κ3) is 8.19. The van der Waals surface area contributed by atoms with Crippen LogP contribution in [0.15, 0.2) is 0 Å². The number of halogens is 1. The molecule has 0 aromatic carbocycles. The highest BCUT2D eigenvalue weighted by Crippen LogP contribution is 1.90. The molecule has 0 saturated carbocycles. The van der Waals surface area contributed by atoms with E-state index in [-0.39, 0.29) is 38.8 Å². The first-order chi connectivity index (χ1) is 5.35. The van der Waals surface area contributed by atoms with E-state index >= 15 is 0 Å². The molecular formula is C6H16ClNO4. The van der Waals surface area contributed by atoms with E-state index in [1.165, 1.54) is 5.23 Å². The smallest absolute Gasteiger partial charge is 0.0942 e. The predicted octanol–water partition coefficient (Wildman–Crippen LogP) is -0.422. The van der Waals surface area contributed by atoms with Crippen LogP contribution >= 0.6 is 12.4 Å². The highest BCUT2D eigenvalue weighted by atomic mass is 35.5. The lowest BCUT2D eigenvalue weighted by Crippen LogP contribution is -2.26. The van der Waals surface area contributed by atoms with Gasteiger partial charge in [0.15, 0.2) is 0 Å². The fourth-order valence-electron chi connectivity index (χ4n) is 0.505. The number of rotatable bonds is 7. The molecule has 0 aromatic heterocycles. The van der Waals surface area contributed by atoms with Crippen molar-refractivity contribution in [3.05, 3.63) is 0 Å². The van der Waals surface area contributed by atoms with Gasteiger partial charge in [-0.3, -0.25) is 9.68 Å². The number of hydroxylamine groups is 2. The fourth-order valence-corrected chi connectivity index (χ4v) is 0.505. The van der Waals surface area contributed by atoms with E-state index in [9.17, 15) is 0 Å². The van der Waals surface area contributed by atoms with Crippen LogP contribution in [-0.2, 0) is 9.68 Å². The fraction of sp³-hybridized carbons (Fsp3) is 1.00. The summed E-state index contributed by atoms with van der Waals surface area (Å²) in [6.07, 6.45) is 0. The maximum atomic E-state index is 8.38. The summed E-state index contributed by atoms with van der Waals surface area (Å²) in [5.74, 6) is 0. The van der Waals surface area contributed by atoms with Crippen molar-refractivity contribution in [2.24, 2.45) is 0 Å². The minimum absolute atomic E-state index is 0. The van der Waals surface area contributed by atoms with Gasteiger partial charge < -0.3 is 10.2 Å². The van der Waals surface area contributed by atoms with Crippen molar-refractivity contribution in [3.63, 3.8) is 0 Å². The molecule has 2 N–H and O–H groups in total.